The standard InChI is InChI=1S/C49H33NO5/c1-26-38-45(47(53)49(55)48(54)46(38)52)50(44(26)27(2)51)31-22-20-28(21-23-31)32-24-25-37-41-33(32)18-11-19-36(41)42-39(29-12-5-3-6-13-29)34-16-9-10-17-35(34)40(43(37)42)30-14-7-4-8-15-30/h3-25,51-55H,2H2,1H3. The number of phenolic OH excluding ortho intramolecular Hbond substituents is 4. The van der Waals surface area contributed by atoms with Crippen molar-refractivity contribution >= 4 is 38.2 Å². The van der Waals surface area contributed by atoms with Crippen molar-refractivity contribution in [3.05, 3.63) is 157 Å². The van der Waals surface area contributed by atoms with Crippen LogP contribution in [0.1, 0.15) is 11.3 Å². The summed E-state index contributed by atoms with van der Waals surface area (Å²) in [6.45, 7) is 5.36. The van der Waals surface area contributed by atoms with Gasteiger partial charge in [-0.25, -0.2) is 0 Å². The molecule has 10 rings (SSSR count). The molecule has 0 aliphatic heterocycles. The molecule has 1 heterocycles. The van der Waals surface area contributed by atoms with E-state index in [9.17, 15) is 25.5 Å². The molecular weight excluding hydrogens is 683 g/mol. The van der Waals surface area contributed by atoms with Crippen LogP contribution in [0.3, 0.4) is 0 Å². The van der Waals surface area contributed by atoms with Crippen LogP contribution in [0.15, 0.2) is 146 Å². The maximum Gasteiger partial charge on any atom is 0.206 e. The molecule has 5 N–H and O–H groups in total. The monoisotopic (exact) mass is 715 g/mol. The summed E-state index contributed by atoms with van der Waals surface area (Å²) in [5.41, 5.74) is 12.7. The Bertz CT molecular complexity index is 3000. The van der Waals surface area contributed by atoms with Gasteiger partial charge >= 0.3 is 0 Å². The summed E-state index contributed by atoms with van der Waals surface area (Å²) >= 11 is 0. The molecule has 0 spiro atoms. The summed E-state index contributed by atoms with van der Waals surface area (Å²) in [5, 5.41) is 58.0. The maximum atomic E-state index is 11.0. The molecule has 6 nitrogen and oxygen atoms in total. The number of fused-ring (bicyclic) bond motifs is 5. The van der Waals surface area contributed by atoms with E-state index in [4.69, 9.17) is 0 Å². The smallest absolute Gasteiger partial charge is 0.206 e. The van der Waals surface area contributed by atoms with Crippen LogP contribution in [-0.4, -0.2) is 30.1 Å². The number of aliphatic hydroxyl groups is 1. The molecular formula is C49H33NO5. The van der Waals surface area contributed by atoms with Crippen LogP contribution in [0.25, 0.3) is 99.5 Å². The molecule has 0 amide bonds. The lowest BCUT2D eigenvalue weighted by molar-refractivity contribution is 0.350. The average molecular weight is 716 g/mol. The van der Waals surface area contributed by atoms with Crippen molar-refractivity contribution < 1.29 is 25.5 Å². The first kappa shape index (κ1) is 32.2. The maximum absolute atomic E-state index is 11.0. The Morgan fingerprint density at radius 3 is 1.55 bits per heavy atom. The second-order valence-electron chi connectivity index (χ2n) is 14.1. The number of aromatic nitrogens is 1. The van der Waals surface area contributed by atoms with Gasteiger partial charge in [-0.15, -0.1) is 0 Å². The second-order valence-corrected chi connectivity index (χ2v) is 14.1. The van der Waals surface area contributed by atoms with Crippen molar-refractivity contribution in [2.45, 2.75) is 6.92 Å². The van der Waals surface area contributed by atoms with Crippen LogP contribution in [0.2, 0.25) is 0 Å². The number of aryl methyl sites for hydroxylation is 1. The van der Waals surface area contributed by atoms with Gasteiger partial charge in [-0.3, -0.25) is 0 Å². The summed E-state index contributed by atoms with van der Waals surface area (Å²) in [7, 11) is 0. The Morgan fingerprint density at radius 1 is 0.455 bits per heavy atom. The summed E-state index contributed by atoms with van der Waals surface area (Å²) in [4.78, 5) is 0. The van der Waals surface area contributed by atoms with Gasteiger partial charge in [-0.1, -0.05) is 134 Å². The van der Waals surface area contributed by atoms with Gasteiger partial charge in [0, 0.05) is 5.69 Å². The van der Waals surface area contributed by atoms with E-state index in [-0.39, 0.29) is 22.4 Å². The summed E-state index contributed by atoms with van der Waals surface area (Å²) in [6, 6.07) is 48.6. The van der Waals surface area contributed by atoms with Crippen molar-refractivity contribution in [2.24, 2.45) is 0 Å². The highest BCUT2D eigenvalue weighted by molar-refractivity contribution is 6.28. The molecule has 6 heteroatoms. The van der Waals surface area contributed by atoms with E-state index in [1.807, 2.05) is 24.3 Å². The summed E-state index contributed by atoms with van der Waals surface area (Å²) in [5.74, 6) is -3.24. The molecule has 55 heavy (non-hydrogen) atoms. The average Bonchev–Trinajstić information content (AvgIpc) is 3.72. The Morgan fingerprint density at radius 2 is 0.964 bits per heavy atom. The van der Waals surface area contributed by atoms with E-state index in [0.29, 0.717) is 11.3 Å². The Balaban J connectivity index is 1.21. The molecule has 9 aromatic rings. The molecule has 0 bridgehead atoms. The number of benzene rings is 8. The van der Waals surface area contributed by atoms with E-state index in [2.05, 4.69) is 122 Å². The number of phenols is 4. The Labute approximate surface area is 316 Å². The van der Waals surface area contributed by atoms with Crippen LogP contribution in [0, 0.1) is 6.92 Å². The zero-order valence-corrected chi connectivity index (χ0v) is 29.7. The summed E-state index contributed by atoms with van der Waals surface area (Å²) < 4.78 is 1.52. The first-order valence-electron chi connectivity index (χ1n) is 18.0. The van der Waals surface area contributed by atoms with Crippen LogP contribution in [0.4, 0.5) is 0 Å². The highest BCUT2D eigenvalue weighted by atomic mass is 16.3. The SMILES string of the molecule is C=C(O)c1c(C)c2c(O)c(O)c(O)c(O)c2n1-c1ccc(-c2ccc3c4c(cccc24)-c2c-3c(-c3ccccc3)c3ccccc3c2-c2ccccc2)cc1. The predicted octanol–water partition coefficient (Wildman–Crippen LogP) is 12.2. The lowest BCUT2D eigenvalue weighted by Gasteiger charge is -2.20. The third-order valence-electron chi connectivity index (χ3n) is 11.2. The van der Waals surface area contributed by atoms with Gasteiger partial charge in [-0.2, -0.15) is 0 Å². The first-order chi connectivity index (χ1) is 26.8. The zero-order valence-electron chi connectivity index (χ0n) is 29.7. The van der Waals surface area contributed by atoms with E-state index in [0.717, 1.165) is 27.6 Å². The van der Waals surface area contributed by atoms with Crippen molar-refractivity contribution in [1.29, 1.82) is 0 Å². The number of rotatable bonds is 5. The van der Waals surface area contributed by atoms with E-state index >= 15 is 0 Å². The normalized spacial score (nSPS) is 11.8. The first-order valence-corrected chi connectivity index (χ1v) is 18.0. The zero-order chi connectivity index (χ0) is 37.7. The number of aromatic hydroxyl groups is 4. The van der Waals surface area contributed by atoms with E-state index in [1.54, 1.807) is 6.92 Å². The fraction of sp³-hybridized carbons (Fsp3) is 0.0204. The third-order valence-corrected chi connectivity index (χ3v) is 11.2. The molecule has 1 aliphatic carbocycles. The van der Waals surface area contributed by atoms with E-state index < -0.39 is 23.0 Å². The van der Waals surface area contributed by atoms with Crippen molar-refractivity contribution in [3.63, 3.8) is 0 Å². The molecule has 0 atom stereocenters. The van der Waals surface area contributed by atoms with Crippen molar-refractivity contribution in [1.82, 2.24) is 4.57 Å². The number of nitrogens with zero attached hydrogens (tertiary/aromatic N) is 1. The number of hydrogen-bond acceptors (Lipinski definition) is 5. The quantitative estimate of drug-likeness (QED) is 0.0693. The van der Waals surface area contributed by atoms with Gasteiger partial charge in [0.1, 0.15) is 11.3 Å². The topological polar surface area (TPSA) is 106 Å². The van der Waals surface area contributed by atoms with Crippen LogP contribution >= 0.6 is 0 Å². The predicted molar refractivity (Wildman–Crippen MR) is 222 cm³/mol. The molecule has 0 saturated heterocycles. The Kier molecular flexibility index (Phi) is 6.91. The summed E-state index contributed by atoms with van der Waals surface area (Å²) in [6.07, 6.45) is 0. The second kappa shape index (κ2) is 11.8. The van der Waals surface area contributed by atoms with Crippen molar-refractivity contribution in [3.8, 4) is 84.3 Å². The fourth-order valence-electron chi connectivity index (χ4n) is 8.91. The largest absolute Gasteiger partial charge is 0.506 e. The van der Waals surface area contributed by atoms with E-state index in [1.165, 1.54) is 54.1 Å². The minimum absolute atomic E-state index is 0.0298. The number of hydrogen-bond donors (Lipinski definition) is 5. The van der Waals surface area contributed by atoms with Crippen molar-refractivity contribution in [2.75, 3.05) is 0 Å². The highest BCUT2D eigenvalue weighted by Gasteiger charge is 2.32. The molecule has 0 radical (unpaired) electrons. The molecule has 0 fully saturated rings. The van der Waals surface area contributed by atoms with Gasteiger partial charge in [-0.05, 0) is 102 Å². The van der Waals surface area contributed by atoms with Gasteiger partial charge in [0.25, 0.3) is 0 Å². The minimum Gasteiger partial charge on any atom is -0.506 e. The molecule has 8 aromatic carbocycles. The molecule has 1 aromatic heterocycles. The lowest BCUT2D eigenvalue weighted by atomic mass is 9.82. The van der Waals surface area contributed by atoms with Gasteiger partial charge < -0.3 is 30.1 Å². The molecule has 264 valence electrons. The fourth-order valence-corrected chi connectivity index (χ4v) is 8.91. The van der Waals surface area contributed by atoms with Crippen LogP contribution in [-0.2, 0) is 0 Å². The number of aliphatic hydroxyl groups excluding tert-OH is 1. The minimum atomic E-state index is -0.858. The van der Waals surface area contributed by atoms with Gasteiger partial charge in [0.15, 0.2) is 11.5 Å². The lowest BCUT2D eigenvalue weighted by Crippen LogP contribution is -2.00. The molecule has 0 unspecified atom stereocenters. The van der Waals surface area contributed by atoms with Gasteiger partial charge in [0.05, 0.1) is 11.1 Å². The van der Waals surface area contributed by atoms with Crippen LogP contribution < -0.4 is 0 Å². The molecule has 1 aliphatic rings. The third kappa shape index (κ3) is 4.42. The Hall–Kier alpha value is -7.44. The van der Waals surface area contributed by atoms with Crippen LogP contribution in [0.5, 0.6) is 23.0 Å². The molecule has 0 saturated carbocycles. The highest BCUT2D eigenvalue weighted by Crippen LogP contribution is 2.58. The van der Waals surface area contributed by atoms with Gasteiger partial charge in [0.2, 0.25) is 11.5 Å².